The fraction of sp³-hybridized carbons (Fsp3) is 0.385. The fourth-order valence-corrected chi connectivity index (χ4v) is 3.81. The van der Waals surface area contributed by atoms with Crippen LogP contribution in [-0.4, -0.2) is 54.5 Å². The van der Waals surface area contributed by atoms with Gasteiger partial charge in [0.1, 0.15) is 25.1 Å². The van der Waals surface area contributed by atoms with E-state index < -0.39 is 17.6 Å². The second-order valence-electron chi connectivity index (χ2n) is 9.19. The van der Waals surface area contributed by atoms with Gasteiger partial charge in [0.2, 0.25) is 0 Å². The molecule has 1 aliphatic rings. The van der Waals surface area contributed by atoms with Crippen LogP contribution in [0.25, 0.3) is 11.3 Å². The number of nitrogens with one attached hydrogen (secondary N) is 3. The minimum atomic E-state index is -1.29. The van der Waals surface area contributed by atoms with E-state index in [2.05, 4.69) is 20.6 Å². The highest BCUT2D eigenvalue weighted by Gasteiger charge is 2.29. The third kappa shape index (κ3) is 5.43. The van der Waals surface area contributed by atoms with Crippen LogP contribution in [-0.2, 0) is 11.2 Å². The average molecular weight is 501 g/mol. The molecule has 0 radical (unpaired) electrons. The lowest BCUT2D eigenvalue weighted by Gasteiger charge is -2.23. The normalized spacial score (nSPS) is 14.1. The number of fused-ring (bicyclic) bond motifs is 1. The molecule has 4 rings (SSSR count). The molecule has 0 saturated carbocycles. The first-order valence-corrected chi connectivity index (χ1v) is 11.7. The Hall–Kier alpha value is -3.66. The number of aromatic nitrogens is 2. The van der Waals surface area contributed by atoms with Crippen LogP contribution in [0, 0.1) is 5.82 Å². The summed E-state index contributed by atoms with van der Waals surface area (Å²) in [6, 6.07) is 6.12. The Bertz CT molecular complexity index is 1240. The van der Waals surface area contributed by atoms with Crippen molar-refractivity contribution in [2.75, 3.05) is 32.2 Å². The predicted molar refractivity (Wildman–Crippen MR) is 132 cm³/mol. The summed E-state index contributed by atoms with van der Waals surface area (Å²) in [6.45, 7) is 5.56. The minimum absolute atomic E-state index is 0.132. The summed E-state index contributed by atoms with van der Waals surface area (Å²) in [4.78, 5) is 20.4. The third-order valence-electron chi connectivity index (χ3n) is 5.83. The largest absolute Gasteiger partial charge is 0.488 e. The van der Waals surface area contributed by atoms with Crippen LogP contribution in [0.4, 0.5) is 20.2 Å². The molecule has 3 N–H and O–H groups in total. The third-order valence-corrected chi connectivity index (χ3v) is 5.83. The summed E-state index contributed by atoms with van der Waals surface area (Å²) in [5, 5.41) is 6.02. The number of aromatic amines is 1. The van der Waals surface area contributed by atoms with Crippen LogP contribution in [0.3, 0.4) is 0 Å². The van der Waals surface area contributed by atoms with E-state index in [-0.39, 0.29) is 30.6 Å². The van der Waals surface area contributed by atoms with Gasteiger partial charge >= 0.3 is 0 Å². The number of anilines is 2. The molecule has 1 unspecified atom stereocenters. The van der Waals surface area contributed by atoms with Crippen LogP contribution >= 0.6 is 0 Å². The number of alkyl halides is 1. The van der Waals surface area contributed by atoms with Crippen molar-refractivity contribution < 1.29 is 27.8 Å². The molecule has 0 aliphatic carbocycles. The molecule has 36 heavy (non-hydrogen) atoms. The van der Waals surface area contributed by atoms with Gasteiger partial charge in [-0.15, -0.1) is 0 Å². The Morgan fingerprint density at radius 2 is 2.06 bits per heavy atom. The van der Waals surface area contributed by atoms with E-state index in [0.717, 1.165) is 5.69 Å². The molecule has 0 spiro atoms. The molecular weight excluding hydrogens is 470 g/mol. The first kappa shape index (κ1) is 25.4. The van der Waals surface area contributed by atoms with E-state index in [1.807, 2.05) is 13.8 Å². The fourth-order valence-electron chi connectivity index (χ4n) is 3.81. The number of nitrogens with zero attached hydrogens (tertiary/aromatic N) is 1. The Balaban J connectivity index is 1.80. The molecule has 1 amide bonds. The molecule has 1 aromatic carbocycles. The topological polar surface area (TPSA) is 97.5 Å². The first-order valence-electron chi connectivity index (χ1n) is 11.7. The summed E-state index contributed by atoms with van der Waals surface area (Å²) < 4.78 is 45.1. The summed E-state index contributed by atoms with van der Waals surface area (Å²) in [6.07, 6.45) is 2.50. The molecule has 2 aromatic heterocycles. The second-order valence-corrected chi connectivity index (χ2v) is 9.19. The molecule has 10 heteroatoms. The number of pyridine rings is 1. The van der Waals surface area contributed by atoms with Crippen molar-refractivity contribution >= 4 is 17.3 Å². The highest BCUT2D eigenvalue weighted by atomic mass is 19.1. The van der Waals surface area contributed by atoms with Gasteiger partial charge < -0.3 is 29.8 Å². The van der Waals surface area contributed by atoms with E-state index in [9.17, 15) is 13.6 Å². The van der Waals surface area contributed by atoms with E-state index in [0.29, 0.717) is 41.2 Å². The van der Waals surface area contributed by atoms with E-state index >= 15 is 0 Å². The lowest BCUT2D eigenvalue weighted by atomic mass is 10.0. The van der Waals surface area contributed by atoms with Gasteiger partial charge in [-0.25, -0.2) is 8.78 Å². The standard InChI is InChI=1S/C26H30F2N4O4/c1-15(27)13-35-24-17(28)6-5-7-19(24)32-23-21-18(9-11-30-25(21)33)31-22(23)16-8-10-29-12-20(16)36-14-26(2,3)34-4/h5-8,10,12,15,31-32H,9,11,13-14H2,1-4H3,(H,30,33). The number of ether oxygens (including phenoxy) is 3. The smallest absolute Gasteiger partial charge is 0.255 e. The van der Waals surface area contributed by atoms with Crippen molar-refractivity contribution in [3.63, 3.8) is 0 Å². The van der Waals surface area contributed by atoms with Crippen molar-refractivity contribution in [3.8, 4) is 22.8 Å². The quantitative estimate of drug-likeness (QED) is 0.371. The summed E-state index contributed by atoms with van der Waals surface area (Å²) in [5.41, 5.74) is 2.50. The zero-order valence-electron chi connectivity index (χ0n) is 20.7. The first-order chi connectivity index (χ1) is 17.2. The van der Waals surface area contributed by atoms with Crippen LogP contribution in [0.2, 0.25) is 0 Å². The van der Waals surface area contributed by atoms with Gasteiger partial charge in [0, 0.05) is 37.5 Å². The number of carbonyl (C=O) groups is 1. The number of H-pyrrole nitrogens is 1. The zero-order valence-corrected chi connectivity index (χ0v) is 20.7. The van der Waals surface area contributed by atoms with Crippen molar-refractivity contribution in [1.29, 1.82) is 0 Å². The Labute approximate surface area is 208 Å². The number of hydrogen-bond donors (Lipinski definition) is 3. The number of halogens is 2. The number of hydrogen-bond acceptors (Lipinski definition) is 6. The van der Waals surface area contributed by atoms with Gasteiger partial charge in [0.25, 0.3) is 5.91 Å². The minimum Gasteiger partial charge on any atom is -0.488 e. The molecule has 0 saturated heterocycles. The average Bonchev–Trinajstić information content (AvgIpc) is 3.22. The lowest BCUT2D eigenvalue weighted by Crippen LogP contribution is -2.31. The maximum atomic E-state index is 14.7. The molecule has 3 aromatic rings. The molecule has 1 aliphatic heterocycles. The van der Waals surface area contributed by atoms with Crippen LogP contribution in [0.5, 0.6) is 11.5 Å². The molecule has 1 atom stereocenters. The molecule has 8 nitrogen and oxygen atoms in total. The molecule has 192 valence electrons. The molecule has 0 fully saturated rings. The van der Waals surface area contributed by atoms with Gasteiger partial charge in [0.05, 0.1) is 34.4 Å². The van der Waals surface area contributed by atoms with E-state index in [1.165, 1.54) is 19.1 Å². The number of amides is 1. The Kier molecular flexibility index (Phi) is 7.44. The number of benzene rings is 1. The molecule has 0 bridgehead atoms. The Morgan fingerprint density at radius 3 is 2.81 bits per heavy atom. The number of carbonyl (C=O) groups excluding carboxylic acids is 1. The van der Waals surface area contributed by atoms with Crippen molar-refractivity contribution in [3.05, 3.63) is 53.7 Å². The van der Waals surface area contributed by atoms with E-state index in [4.69, 9.17) is 14.2 Å². The van der Waals surface area contributed by atoms with Crippen molar-refractivity contribution in [2.45, 2.75) is 39.0 Å². The van der Waals surface area contributed by atoms with Gasteiger partial charge in [0.15, 0.2) is 11.6 Å². The second kappa shape index (κ2) is 10.5. The number of para-hydroxylation sites is 1. The van der Waals surface area contributed by atoms with Gasteiger partial charge in [-0.05, 0) is 39.0 Å². The summed E-state index contributed by atoms with van der Waals surface area (Å²) >= 11 is 0. The monoisotopic (exact) mass is 500 g/mol. The summed E-state index contributed by atoms with van der Waals surface area (Å²) in [7, 11) is 1.61. The van der Waals surface area contributed by atoms with Crippen molar-refractivity contribution in [2.24, 2.45) is 0 Å². The molecular formula is C26H30F2N4O4. The molecule has 3 heterocycles. The lowest BCUT2D eigenvalue weighted by molar-refractivity contribution is -0.0146. The Morgan fingerprint density at radius 1 is 1.25 bits per heavy atom. The van der Waals surface area contributed by atoms with Gasteiger partial charge in [-0.2, -0.15) is 0 Å². The highest BCUT2D eigenvalue weighted by molar-refractivity contribution is 6.06. The zero-order chi connectivity index (χ0) is 25.9. The maximum Gasteiger partial charge on any atom is 0.255 e. The van der Waals surface area contributed by atoms with Gasteiger partial charge in [-0.3, -0.25) is 9.78 Å². The predicted octanol–water partition coefficient (Wildman–Crippen LogP) is 4.79. The summed E-state index contributed by atoms with van der Waals surface area (Å²) in [5.74, 6) is -0.570. The van der Waals surface area contributed by atoms with Crippen LogP contribution < -0.4 is 20.1 Å². The van der Waals surface area contributed by atoms with Crippen LogP contribution in [0.15, 0.2) is 36.7 Å². The van der Waals surface area contributed by atoms with Crippen LogP contribution in [0.1, 0.15) is 36.8 Å². The SMILES string of the molecule is COC(C)(C)COc1cnccc1-c1[nH]c2c(c1Nc1cccc(F)c1OCC(C)F)C(=O)NCC2. The highest BCUT2D eigenvalue weighted by Crippen LogP contribution is 2.42. The van der Waals surface area contributed by atoms with Crippen molar-refractivity contribution in [1.82, 2.24) is 15.3 Å². The number of methoxy groups -OCH3 is 1. The van der Waals surface area contributed by atoms with E-state index in [1.54, 1.807) is 31.6 Å². The van der Waals surface area contributed by atoms with Gasteiger partial charge in [-0.1, -0.05) is 6.07 Å². The maximum absolute atomic E-state index is 14.7. The number of rotatable bonds is 10.